The second-order valence-electron chi connectivity index (χ2n) is 3.10. The summed E-state index contributed by atoms with van der Waals surface area (Å²) < 4.78 is 6.82. The van der Waals surface area contributed by atoms with Gasteiger partial charge in [0.05, 0.1) is 18.8 Å². The first-order valence-electron chi connectivity index (χ1n) is 4.68. The van der Waals surface area contributed by atoms with Crippen molar-refractivity contribution in [2.45, 2.75) is 19.8 Å². The minimum Gasteiger partial charge on any atom is -0.424 e. The summed E-state index contributed by atoms with van der Waals surface area (Å²) in [6.45, 7) is 1.93. The molecule has 0 saturated carbocycles. The van der Waals surface area contributed by atoms with Crippen molar-refractivity contribution in [3.8, 4) is 11.8 Å². The smallest absolute Gasteiger partial charge is 0.311 e. The molecule has 5 heteroatoms. The highest BCUT2D eigenvalue weighted by molar-refractivity contribution is 14.1. The monoisotopic (exact) mass is 441 g/mol. The van der Waals surface area contributed by atoms with E-state index in [0.29, 0.717) is 17.7 Å². The molecule has 0 N–H and O–H groups in total. The van der Waals surface area contributed by atoms with Gasteiger partial charge in [0.15, 0.2) is 5.75 Å². The van der Waals surface area contributed by atoms with Crippen molar-refractivity contribution in [2.75, 3.05) is 0 Å². The van der Waals surface area contributed by atoms with Crippen molar-refractivity contribution >= 4 is 51.2 Å². The molecule has 1 aromatic rings. The summed E-state index contributed by atoms with van der Waals surface area (Å²) in [5, 5.41) is 8.78. The highest BCUT2D eigenvalue weighted by Gasteiger charge is 2.12. The van der Waals surface area contributed by atoms with Gasteiger partial charge in [-0.2, -0.15) is 5.26 Å². The number of ether oxygens (including phenoxy) is 1. The van der Waals surface area contributed by atoms with E-state index in [2.05, 4.69) is 51.3 Å². The minimum atomic E-state index is -0.233. The number of halogens is 2. The van der Waals surface area contributed by atoms with Crippen molar-refractivity contribution in [1.29, 1.82) is 5.26 Å². The Morgan fingerprint density at radius 1 is 1.44 bits per heavy atom. The topological polar surface area (TPSA) is 50.1 Å². The number of nitriles is 1. The van der Waals surface area contributed by atoms with Gasteiger partial charge in [-0.1, -0.05) is 6.92 Å². The van der Waals surface area contributed by atoms with Crippen LogP contribution in [-0.4, -0.2) is 5.97 Å². The molecule has 0 bridgehead atoms. The largest absolute Gasteiger partial charge is 0.424 e. The van der Waals surface area contributed by atoms with Crippen LogP contribution in [0.2, 0.25) is 0 Å². The Hall–Kier alpha value is -0.360. The molecule has 0 atom stereocenters. The van der Waals surface area contributed by atoms with Crippen molar-refractivity contribution in [3.63, 3.8) is 0 Å². The van der Waals surface area contributed by atoms with Gasteiger partial charge in [0.25, 0.3) is 0 Å². The maximum atomic E-state index is 11.4. The summed E-state index contributed by atoms with van der Waals surface area (Å²) in [6.07, 6.45) is 1.18. The molecule has 0 saturated heterocycles. The molecular weight excluding hydrogens is 432 g/mol. The fourth-order valence-electron chi connectivity index (χ4n) is 1.09. The molecule has 3 nitrogen and oxygen atoms in total. The molecule has 0 aromatic heterocycles. The molecule has 0 unspecified atom stereocenters. The third-order valence-electron chi connectivity index (χ3n) is 1.80. The molecule has 0 heterocycles. The van der Waals surface area contributed by atoms with Gasteiger partial charge in [-0.25, -0.2) is 0 Å². The summed E-state index contributed by atoms with van der Waals surface area (Å²) >= 11 is 4.13. The molecule has 84 valence electrons. The Balaban J connectivity index is 2.98. The second kappa shape index (κ2) is 6.39. The number of carbonyl (C=O) groups is 1. The molecule has 0 spiro atoms. The Bertz CT molecular complexity index is 429. The SMILES string of the molecule is CCCC(=O)Oc1c(I)cc(C#N)cc1I. The standard InChI is InChI=1S/C11H9I2NO2/c1-2-3-10(15)16-11-8(12)4-7(6-14)5-9(11)13/h4-5H,2-3H2,1H3. The zero-order valence-electron chi connectivity index (χ0n) is 8.59. The molecule has 0 radical (unpaired) electrons. The normalized spacial score (nSPS) is 9.62. The van der Waals surface area contributed by atoms with E-state index in [4.69, 9.17) is 10.00 Å². The number of esters is 1. The Kier molecular flexibility index (Phi) is 5.48. The van der Waals surface area contributed by atoms with Gasteiger partial charge in [0.2, 0.25) is 0 Å². The summed E-state index contributed by atoms with van der Waals surface area (Å²) in [6, 6.07) is 5.48. The first kappa shape index (κ1) is 13.7. The molecule has 1 aromatic carbocycles. The van der Waals surface area contributed by atoms with Crippen molar-refractivity contribution in [2.24, 2.45) is 0 Å². The van der Waals surface area contributed by atoms with E-state index >= 15 is 0 Å². The van der Waals surface area contributed by atoms with Crippen LogP contribution in [0.3, 0.4) is 0 Å². The Morgan fingerprint density at radius 3 is 2.44 bits per heavy atom. The average molecular weight is 441 g/mol. The Labute approximate surface area is 121 Å². The lowest BCUT2D eigenvalue weighted by Gasteiger charge is -2.08. The zero-order valence-corrected chi connectivity index (χ0v) is 12.9. The lowest BCUT2D eigenvalue weighted by atomic mass is 10.2. The van der Waals surface area contributed by atoms with Gasteiger partial charge < -0.3 is 4.74 Å². The quantitative estimate of drug-likeness (QED) is 0.411. The van der Waals surface area contributed by atoms with Gasteiger partial charge in [0.1, 0.15) is 0 Å². The number of nitrogens with zero attached hydrogens (tertiary/aromatic N) is 1. The van der Waals surface area contributed by atoms with E-state index < -0.39 is 0 Å². The molecular formula is C11H9I2NO2. The van der Waals surface area contributed by atoms with Gasteiger partial charge >= 0.3 is 5.97 Å². The molecule has 0 aliphatic carbocycles. The van der Waals surface area contributed by atoms with Crippen LogP contribution in [0.5, 0.6) is 5.75 Å². The Morgan fingerprint density at radius 2 is 2.00 bits per heavy atom. The van der Waals surface area contributed by atoms with E-state index in [0.717, 1.165) is 13.6 Å². The molecule has 16 heavy (non-hydrogen) atoms. The first-order valence-corrected chi connectivity index (χ1v) is 6.84. The highest BCUT2D eigenvalue weighted by atomic mass is 127. The predicted molar refractivity (Wildman–Crippen MR) is 77.1 cm³/mol. The van der Waals surface area contributed by atoms with E-state index in [1.165, 1.54) is 0 Å². The fraction of sp³-hybridized carbons (Fsp3) is 0.273. The van der Waals surface area contributed by atoms with Gasteiger partial charge in [-0.15, -0.1) is 0 Å². The van der Waals surface area contributed by atoms with E-state index in [-0.39, 0.29) is 5.97 Å². The van der Waals surface area contributed by atoms with Crippen LogP contribution in [0.15, 0.2) is 12.1 Å². The van der Waals surface area contributed by atoms with Crippen LogP contribution in [0.1, 0.15) is 25.3 Å². The lowest BCUT2D eigenvalue weighted by molar-refractivity contribution is -0.134. The van der Waals surface area contributed by atoms with Crippen LogP contribution in [0.4, 0.5) is 0 Å². The molecule has 1 rings (SSSR count). The molecule has 0 aliphatic heterocycles. The molecule has 0 amide bonds. The van der Waals surface area contributed by atoms with Crippen LogP contribution in [0.25, 0.3) is 0 Å². The van der Waals surface area contributed by atoms with Gasteiger partial charge in [-0.3, -0.25) is 4.79 Å². The summed E-state index contributed by atoms with van der Waals surface area (Å²) in [4.78, 5) is 11.4. The second-order valence-corrected chi connectivity index (χ2v) is 5.43. The number of benzene rings is 1. The van der Waals surface area contributed by atoms with Crippen LogP contribution in [-0.2, 0) is 4.79 Å². The lowest BCUT2D eigenvalue weighted by Crippen LogP contribution is -2.09. The van der Waals surface area contributed by atoms with E-state index in [1.54, 1.807) is 12.1 Å². The maximum absolute atomic E-state index is 11.4. The number of carbonyl (C=O) groups excluding carboxylic acids is 1. The number of rotatable bonds is 3. The van der Waals surface area contributed by atoms with Gasteiger partial charge in [-0.05, 0) is 63.7 Å². The van der Waals surface area contributed by atoms with Crippen LogP contribution >= 0.6 is 45.2 Å². The van der Waals surface area contributed by atoms with E-state index in [9.17, 15) is 4.79 Å². The fourth-order valence-corrected chi connectivity index (χ4v) is 3.08. The van der Waals surface area contributed by atoms with Crippen molar-refractivity contribution in [3.05, 3.63) is 24.8 Å². The van der Waals surface area contributed by atoms with Gasteiger partial charge in [0, 0.05) is 6.42 Å². The third-order valence-corrected chi connectivity index (χ3v) is 3.40. The summed E-state index contributed by atoms with van der Waals surface area (Å²) in [7, 11) is 0. The van der Waals surface area contributed by atoms with Crippen molar-refractivity contribution < 1.29 is 9.53 Å². The maximum Gasteiger partial charge on any atom is 0.311 e. The predicted octanol–water partition coefficient (Wildman–Crippen LogP) is 3.47. The minimum absolute atomic E-state index is 0.233. The third kappa shape index (κ3) is 3.59. The van der Waals surface area contributed by atoms with E-state index in [1.807, 2.05) is 6.92 Å². The molecule has 0 fully saturated rings. The zero-order chi connectivity index (χ0) is 12.1. The van der Waals surface area contributed by atoms with Crippen LogP contribution < -0.4 is 4.74 Å². The molecule has 0 aliphatic rings. The highest BCUT2D eigenvalue weighted by Crippen LogP contribution is 2.29. The number of hydrogen-bond acceptors (Lipinski definition) is 3. The number of hydrogen-bond donors (Lipinski definition) is 0. The average Bonchev–Trinajstić information content (AvgIpc) is 2.23. The summed E-state index contributed by atoms with van der Waals surface area (Å²) in [5.74, 6) is 0.321. The van der Waals surface area contributed by atoms with Crippen molar-refractivity contribution in [1.82, 2.24) is 0 Å². The van der Waals surface area contributed by atoms with Crippen LogP contribution in [0, 0.1) is 18.5 Å². The summed E-state index contributed by atoms with van der Waals surface area (Å²) in [5.41, 5.74) is 0.573. The first-order chi connectivity index (χ1) is 7.58.